The van der Waals surface area contributed by atoms with Gasteiger partial charge in [0.05, 0.1) is 0 Å². The molecule has 18 heavy (non-hydrogen) atoms. The van der Waals surface area contributed by atoms with E-state index in [-0.39, 0.29) is 0 Å². The molecule has 3 rings (SSSR count). The molecule has 2 saturated carbocycles. The van der Waals surface area contributed by atoms with Gasteiger partial charge in [-0.05, 0) is 82.6 Å². The third-order valence-electron chi connectivity index (χ3n) is 5.49. The maximum absolute atomic E-state index is 3.72. The van der Waals surface area contributed by atoms with Crippen LogP contribution in [0.5, 0.6) is 0 Å². The summed E-state index contributed by atoms with van der Waals surface area (Å²) in [6.45, 7) is 6.59. The molecule has 1 heterocycles. The van der Waals surface area contributed by atoms with Crippen molar-refractivity contribution in [2.75, 3.05) is 32.7 Å². The summed E-state index contributed by atoms with van der Waals surface area (Å²) < 4.78 is 0. The summed E-state index contributed by atoms with van der Waals surface area (Å²) in [5.41, 5.74) is 0. The van der Waals surface area contributed by atoms with E-state index in [1.54, 1.807) is 0 Å². The minimum atomic E-state index is 1.06. The van der Waals surface area contributed by atoms with Crippen LogP contribution in [0.4, 0.5) is 0 Å². The number of rotatable bonds is 6. The van der Waals surface area contributed by atoms with E-state index in [2.05, 4.69) is 10.2 Å². The van der Waals surface area contributed by atoms with Crippen LogP contribution >= 0.6 is 0 Å². The Bertz CT molecular complexity index is 235. The van der Waals surface area contributed by atoms with E-state index in [9.17, 15) is 0 Å². The molecule has 1 aliphatic heterocycles. The van der Waals surface area contributed by atoms with Crippen LogP contribution in [0.2, 0.25) is 0 Å². The van der Waals surface area contributed by atoms with E-state index < -0.39 is 0 Å². The van der Waals surface area contributed by atoms with E-state index >= 15 is 0 Å². The van der Waals surface area contributed by atoms with Gasteiger partial charge in [-0.3, -0.25) is 0 Å². The van der Waals surface area contributed by atoms with Crippen molar-refractivity contribution in [3.8, 4) is 0 Å². The third kappa shape index (κ3) is 3.27. The van der Waals surface area contributed by atoms with Gasteiger partial charge in [0, 0.05) is 0 Å². The molecule has 104 valence electrons. The summed E-state index contributed by atoms with van der Waals surface area (Å²) in [6.07, 6.45) is 11.7. The van der Waals surface area contributed by atoms with Crippen LogP contribution in [0.15, 0.2) is 0 Å². The Morgan fingerprint density at radius 2 is 1.61 bits per heavy atom. The first kappa shape index (κ1) is 12.9. The van der Waals surface area contributed by atoms with Gasteiger partial charge in [-0.25, -0.2) is 0 Å². The molecule has 3 aliphatic rings. The first-order valence-electron chi connectivity index (χ1n) is 8.38. The van der Waals surface area contributed by atoms with Crippen molar-refractivity contribution in [2.45, 2.75) is 51.4 Å². The van der Waals surface area contributed by atoms with E-state index in [1.165, 1.54) is 84.1 Å². The SMILES string of the molecule is C1CCN(CCCNCC2C3CCCCC32)CC1. The molecule has 0 aromatic carbocycles. The van der Waals surface area contributed by atoms with Gasteiger partial charge in [-0.15, -0.1) is 0 Å². The van der Waals surface area contributed by atoms with Gasteiger partial charge < -0.3 is 10.2 Å². The number of nitrogens with zero attached hydrogens (tertiary/aromatic N) is 1. The second-order valence-corrected chi connectivity index (χ2v) is 6.74. The highest BCUT2D eigenvalue weighted by atomic mass is 15.1. The third-order valence-corrected chi connectivity index (χ3v) is 5.49. The summed E-state index contributed by atoms with van der Waals surface area (Å²) in [4.78, 5) is 2.65. The molecular weight excluding hydrogens is 220 g/mol. The van der Waals surface area contributed by atoms with Gasteiger partial charge in [0.25, 0.3) is 0 Å². The van der Waals surface area contributed by atoms with Crippen molar-refractivity contribution in [1.29, 1.82) is 0 Å². The van der Waals surface area contributed by atoms with Crippen LogP contribution in [0.1, 0.15) is 51.4 Å². The predicted molar refractivity (Wildman–Crippen MR) is 76.7 cm³/mol. The van der Waals surface area contributed by atoms with Crippen LogP contribution in [-0.2, 0) is 0 Å². The van der Waals surface area contributed by atoms with E-state index in [1.807, 2.05) is 0 Å². The molecule has 2 heteroatoms. The molecule has 1 saturated heterocycles. The highest BCUT2D eigenvalue weighted by molar-refractivity contribution is 4.99. The number of hydrogen-bond donors (Lipinski definition) is 1. The standard InChI is InChI=1S/C16H30N2/c1-4-10-18(11-5-1)12-6-9-17-13-16-14-7-2-3-8-15(14)16/h14-17H,1-13H2. The summed E-state index contributed by atoms with van der Waals surface area (Å²) in [5.74, 6) is 3.30. The van der Waals surface area contributed by atoms with Gasteiger partial charge in [0.15, 0.2) is 0 Å². The second-order valence-electron chi connectivity index (χ2n) is 6.74. The average molecular weight is 250 g/mol. The quantitative estimate of drug-likeness (QED) is 0.729. The topological polar surface area (TPSA) is 15.3 Å². The van der Waals surface area contributed by atoms with Crippen LogP contribution in [-0.4, -0.2) is 37.6 Å². The van der Waals surface area contributed by atoms with Crippen LogP contribution in [0.25, 0.3) is 0 Å². The van der Waals surface area contributed by atoms with Gasteiger partial charge in [0.2, 0.25) is 0 Å². The monoisotopic (exact) mass is 250 g/mol. The fourth-order valence-electron chi connectivity index (χ4n) is 4.32. The first-order chi connectivity index (χ1) is 8.95. The Morgan fingerprint density at radius 3 is 2.33 bits per heavy atom. The van der Waals surface area contributed by atoms with E-state index in [0.717, 1.165) is 17.8 Å². The van der Waals surface area contributed by atoms with Crippen molar-refractivity contribution in [2.24, 2.45) is 17.8 Å². The number of hydrogen-bond acceptors (Lipinski definition) is 2. The largest absolute Gasteiger partial charge is 0.316 e. The average Bonchev–Trinajstić information content (AvgIpc) is 3.13. The minimum absolute atomic E-state index is 1.06. The van der Waals surface area contributed by atoms with Crippen molar-refractivity contribution < 1.29 is 0 Å². The molecule has 0 bridgehead atoms. The summed E-state index contributed by atoms with van der Waals surface area (Å²) in [6, 6.07) is 0. The molecule has 0 radical (unpaired) electrons. The number of fused-ring (bicyclic) bond motifs is 1. The van der Waals surface area contributed by atoms with Crippen LogP contribution < -0.4 is 5.32 Å². The lowest BCUT2D eigenvalue weighted by Crippen LogP contribution is -2.32. The van der Waals surface area contributed by atoms with Gasteiger partial charge >= 0.3 is 0 Å². The molecule has 0 aromatic heterocycles. The van der Waals surface area contributed by atoms with Crippen molar-refractivity contribution in [1.82, 2.24) is 10.2 Å². The Kier molecular flexibility index (Phi) is 4.58. The lowest BCUT2D eigenvalue weighted by Gasteiger charge is -2.26. The molecule has 0 aromatic rings. The molecule has 0 spiro atoms. The molecular formula is C16H30N2. The molecule has 3 fully saturated rings. The van der Waals surface area contributed by atoms with Crippen molar-refractivity contribution in [3.63, 3.8) is 0 Å². The number of nitrogens with one attached hydrogen (secondary N) is 1. The summed E-state index contributed by atoms with van der Waals surface area (Å²) >= 11 is 0. The second kappa shape index (κ2) is 6.38. The summed E-state index contributed by atoms with van der Waals surface area (Å²) in [7, 11) is 0. The number of likely N-dealkylation sites (tertiary alicyclic amines) is 1. The maximum atomic E-state index is 3.72. The van der Waals surface area contributed by atoms with Gasteiger partial charge in [-0.1, -0.05) is 19.3 Å². The predicted octanol–water partition coefficient (Wildman–Crippen LogP) is 2.89. The lowest BCUT2D eigenvalue weighted by atomic mass is 10.0. The smallest absolute Gasteiger partial charge is 0.000664 e. The fourth-order valence-corrected chi connectivity index (χ4v) is 4.32. The van der Waals surface area contributed by atoms with Crippen molar-refractivity contribution in [3.05, 3.63) is 0 Å². The zero-order chi connectivity index (χ0) is 12.2. The Balaban J connectivity index is 1.21. The minimum Gasteiger partial charge on any atom is -0.316 e. The van der Waals surface area contributed by atoms with E-state index in [4.69, 9.17) is 0 Å². The molecule has 0 amide bonds. The van der Waals surface area contributed by atoms with Crippen molar-refractivity contribution >= 4 is 0 Å². The van der Waals surface area contributed by atoms with Gasteiger partial charge in [-0.2, -0.15) is 0 Å². The molecule has 2 unspecified atom stereocenters. The first-order valence-corrected chi connectivity index (χ1v) is 8.38. The van der Waals surface area contributed by atoms with E-state index in [0.29, 0.717) is 0 Å². The zero-order valence-electron chi connectivity index (χ0n) is 11.9. The van der Waals surface area contributed by atoms with Crippen LogP contribution in [0.3, 0.4) is 0 Å². The molecule has 2 atom stereocenters. The van der Waals surface area contributed by atoms with Gasteiger partial charge in [0.1, 0.15) is 0 Å². The molecule has 2 nitrogen and oxygen atoms in total. The normalized spacial score (nSPS) is 36.3. The Labute approximate surface area is 113 Å². The van der Waals surface area contributed by atoms with Crippen LogP contribution in [0, 0.1) is 17.8 Å². The highest BCUT2D eigenvalue weighted by Crippen LogP contribution is 2.54. The zero-order valence-corrected chi connectivity index (χ0v) is 11.9. The lowest BCUT2D eigenvalue weighted by molar-refractivity contribution is 0.225. The fraction of sp³-hybridized carbons (Fsp3) is 1.00. The Morgan fingerprint density at radius 1 is 0.889 bits per heavy atom. The molecule has 1 N–H and O–H groups in total. The molecule has 2 aliphatic carbocycles. The Hall–Kier alpha value is -0.0800. The summed E-state index contributed by atoms with van der Waals surface area (Å²) in [5, 5.41) is 3.72. The maximum Gasteiger partial charge on any atom is -0.000664 e. The number of piperidine rings is 1. The highest BCUT2D eigenvalue weighted by Gasteiger charge is 2.49.